The van der Waals surface area contributed by atoms with Crippen molar-refractivity contribution in [1.82, 2.24) is 10.6 Å². The number of hydrogen-bond donors (Lipinski definition) is 3. The van der Waals surface area contributed by atoms with Crippen LogP contribution in [0.3, 0.4) is 0 Å². The third kappa shape index (κ3) is 5.58. The first-order valence-electron chi connectivity index (χ1n) is 6.97. The average Bonchev–Trinajstić information content (AvgIpc) is 2.94. The molecule has 0 spiro atoms. The summed E-state index contributed by atoms with van der Waals surface area (Å²) in [5.74, 6) is 1.64. The Morgan fingerprint density at radius 3 is 2.61 bits per heavy atom. The van der Waals surface area contributed by atoms with Gasteiger partial charge in [0.1, 0.15) is 11.5 Å². The summed E-state index contributed by atoms with van der Waals surface area (Å²) in [7, 11) is 3.33. The molecule has 3 N–H and O–H groups in total. The summed E-state index contributed by atoms with van der Waals surface area (Å²) in [6, 6.07) is 7.26. The van der Waals surface area contributed by atoms with E-state index in [0.717, 1.165) is 12.1 Å². The number of aryl methyl sites for hydroxylation is 1. The van der Waals surface area contributed by atoms with Gasteiger partial charge >= 0.3 is 0 Å². The Morgan fingerprint density at radius 1 is 1.26 bits per heavy atom. The van der Waals surface area contributed by atoms with Crippen molar-refractivity contribution < 1.29 is 9.84 Å². The first-order chi connectivity index (χ1) is 10.6. The average molecular weight is 447 g/mol. The molecular formula is C16H22IN3O2S. The number of ether oxygens (including phenoxy) is 1. The SMILES string of the molecule is CN=C(NCc1cc(OC)ccc1O)NCc1sccc1C.I. The van der Waals surface area contributed by atoms with E-state index in [2.05, 4.69) is 34.0 Å². The Morgan fingerprint density at radius 2 is 2.00 bits per heavy atom. The highest BCUT2D eigenvalue weighted by Gasteiger charge is 2.06. The molecule has 5 nitrogen and oxygen atoms in total. The van der Waals surface area contributed by atoms with E-state index in [-0.39, 0.29) is 29.7 Å². The minimum absolute atomic E-state index is 0. The number of nitrogens with one attached hydrogen (secondary N) is 2. The first-order valence-corrected chi connectivity index (χ1v) is 7.85. The molecule has 2 aromatic rings. The lowest BCUT2D eigenvalue weighted by molar-refractivity contribution is 0.410. The highest BCUT2D eigenvalue weighted by molar-refractivity contribution is 14.0. The number of guanidine groups is 1. The van der Waals surface area contributed by atoms with E-state index in [1.165, 1.54) is 10.4 Å². The van der Waals surface area contributed by atoms with E-state index >= 15 is 0 Å². The zero-order valence-corrected chi connectivity index (χ0v) is 16.6. The van der Waals surface area contributed by atoms with Gasteiger partial charge < -0.3 is 20.5 Å². The van der Waals surface area contributed by atoms with Gasteiger partial charge in [0.05, 0.1) is 13.7 Å². The van der Waals surface area contributed by atoms with Crippen LogP contribution in [0.15, 0.2) is 34.6 Å². The van der Waals surface area contributed by atoms with E-state index in [0.29, 0.717) is 18.3 Å². The summed E-state index contributed by atoms with van der Waals surface area (Å²) in [5.41, 5.74) is 2.04. The Labute approximate surface area is 157 Å². The van der Waals surface area contributed by atoms with Crippen LogP contribution in [0.2, 0.25) is 0 Å². The van der Waals surface area contributed by atoms with Crippen LogP contribution in [-0.4, -0.2) is 25.2 Å². The second-order valence-corrected chi connectivity index (χ2v) is 5.80. The predicted molar refractivity (Wildman–Crippen MR) is 106 cm³/mol. The molecule has 0 amide bonds. The third-order valence-corrected chi connectivity index (χ3v) is 4.36. The second kappa shape index (κ2) is 9.61. The van der Waals surface area contributed by atoms with Crippen LogP contribution in [-0.2, 0) is 13.1 Å². The van der Waals surface area contributed by atoms with Crippen molar-refractivity contribution in [2.24, 2.45) is 4.99 Å². The van der Waals surface area contributed by atoms with E-state index in [9.17, 15) is 5.11 Å². The van der Waals surface area contributed by atoms with Crippen LogP contribution in [0, 0.1) is 6.92 Å². The number of benzene rings is 1. The summed E-state index contributed by atoms with van der Waals surface area (Å²) >= 11 is 1.72. The summed E-state index contributed by atoms with van der Waals surface area (Å²) < 4.78 is 5.17. The summed E-state index contributed by atoms with van der Waals surface area (Å²) in [5, 5.41) is 18.4. The van der Waals surface area contributed by atoms with Crippen LogP contribution in [0.1, 0.15) is 16.0 Å². The molecule has 0 aliphatic heterocycles. The first kappa shape index (κ1) is 19.6. The van der Waals surface area contributed by atoms with Crippen LogP contribution < -0.4 is 15.4 Å². The quantitative estimate of drug-likeness (QED) is 0.374. The highest BCUT2D eigenvalue weighted by atomic mass is 127. The molecule has 2 rings (SSSR count). The van der Waals surface area contributed by atoms with Crippen LogP contribution in [0.25, 0.3) is 0 Å². The molecule has 1 heterocycles. The maximum atomic E-state index is 9.88. The number of phenolic OH excluding ortho intramolecular Hbond substituents is 1. The van der Waals surface area contributed by atoms with Gasteiger partial charge in [0.15, 0.2) is 5.96 Å². The molecule has 0 fully saturated rings. The van der Waals surface area contributed by atoms with Crippen molar-refractivity contribution in [1.29, 1.82) is 0 Å². The maximum absolute atomic E-state index is 9.88. The van der Waals surface area contributed by atoms with Crippen molar-refractivity contribution in [3.8, 4) is 11.5 Å². The fourth-order valence-corrected chi connectivity index (χ4v) is 2.83. The molecule has 23 heavy (non-hydrogen) atoms. The number of phenols is 1. The second-order valence-electron chi connectivity index (χ2n) is 4.80. The standard InChI is InChI=1S/C16H21N3O2S.HI/c1-11-6-7-22-15(11)10-19-16(17-2)18-9-12-8-13(21-3)4-5-14(12)20;/h4-8,20H,9-10H2,1-3H3,(H2,17,18,19);1H. The van der Waals surface area contributed by atoms with Crippen molar-refractivity contribution in [2.45, 2.75) is 20.0 Å². The van der Waals surface area contributed by atoms with E-state index in [1.807, 2.05) is 0 Å². The molecule has 0 radical (unpaired) electrons. The lowest BCUT2D eigenvalue weighted by Crippen LogP contribution is -2.36. The van der Waals surface area contributed by atoms with Gasteiger partial charge in [-0.3, -0.25) is 4.99 Å². The van der Waals surface area contributed by atoms with Gasteiger partial charge in [0.2, 0.25) is 0 Å². The van der Waals surface area contributed by atoms with Crippen LogP contribution in [0.5, 0.6) is 11.5 Å². The van der Waals surface area contributed by atoms with Crippen molar-refractivity contribution >= 4 is 41.3 Å². The van der Waals surface area contributed by atoms with E-state index in [1.54, 1.807) is 43.7 Å². The summed E-state index contributed by atoms with van der Waals surface area (Å²) in [6.07, 6.45) is 0. The molecule has 1 aromatic heterocycles. The molecule has 7 heteroatoms. The maximum Gasteiger partial charge on any atom is 0.191 e. The molecule has 0 saturated heterocycles. The molecule has 0 bridgehead atoms. The van der Waals surface area contributed by atoms with E-state index < -0.39 is 0 Å². The topological polar surface area (TPSA) is 65.9 Å². The third-order valence-electron chi connectivity index (χ3n) is 3.34. The van der Waals surface area contributed by atoms with Gasteiger partial charge in [0.25, 0.3) is 0 Å². The molecule has 126 valence electrons. The summed E-state index contributed by atoms with van der Waals surface area (Å²) in [6.45, 7) is 3.29. The van der Waals surface area contributed by atoms with Gasteiger partial charge in [-0.05, 0) is 42.1 Å². The van der Waals surface area contributed by atoms with Crippen molar-refractivity contribution in [3.05, 3.63) is 45.6 Å². The number of hydrogen-bond acceptors (Lipinski definition) is 4. The molecule has 0 atom stereocenters. The number of aliphatic imine (C=N–C) groups is 1. The molecule has 0 unspecified atom stereocenters. The monoisotopic (exact) mass is 447 g/mol. The molecule has 0 saturated carbocycles. The Hall–Kier alpha value is -1.48. The number of thiophene rings is 1. The zero-order valence-electron chi connectivity index (χ0n) is 13.4. The summed E-state index contributed by atoms with van der Waals surface area (Å²) in [4.78, 5) is 5.48. The normalized spacial score (nSPS) is 10.8. The molecule has 1 aromatic carbocycles. The minimum Gasteiger partial charge on any atom is -0.508 e. The minimum atomic E-state index is 0. The number of aromatic hydroxyl groups is 1. The van der Waals surface area contributed by atoms with Crippen LogP contribution in [0.4, 0.5) is 0 Å². The van der Waals surface area contributed by atoms with Crippen molar-refractivity contribution in [2.75, 3.05) is 14.2 Å². The fourth-order valence-electron chi connectivity index (χ4n) is 1.98. The van der Waals surface area contributed by atoms with Gasteiger partial charge in [-0.25, -0.2) is 0 Å². The molecular weight excluding hydrogens is 425 g/mol. The number of rotatable bonds is 5. The van der Waals surface area contributed by atoms with Gasteiger partial charge in [0, 0.05) is 24.0 Å². The van der Waals surface area contributed by atoms with Crippen molar-refractivity contribution in [3.63, 3.8) is 0 Å². The molecule has 0 aliphatic rings. The molecule has 0 aliphatic carbocycles. The Balaban J connectivity index is 0.00000264. The van der Waals surface area contributed by atoms with Gasteiger partial charge in [-0.1, -0.05) is 0 Å². The predicted octanol–water partition coefficient (Wildman–Crippen LogP) is 3.25. The number of halogens is 1. The number of nitrogens with zero attached hydrogens (tertiary/aromatic N) is 1. The Kier molecular flexibility index (Phi) is 8.18. The lowest BCUT2D eigenvalue weighted by Gasteiger charge is -2.13. The highest BCUT2D eigenvalue weighted by Crippen LogP contribution is 2.22. The van der Waals surface area contributed by atoms with Gasteiger partial charge in [-0.2, -0.15) is 0 Å². The largest absolute Gasteiger partial charge is 0.508 e. The van der Waals surface area contributed by atoms with Crippen LogP contribution >= 0.6 is 35.3 Å². The smallest absolute Gasteiger partial charge is 0.191 e. The zero-order chi connectivity index (χ0) is 15.9. The Bertz CT molecular complexity index is 659. The lowest BCUT2D eigenvalue weighted by atomic mass is 10.2. The van der Waals surface area contributed by atoms with E-state index in [4.69, 9.17) is 4.74 Å². The fraction of sp³-hybridized carbons (Fsp3) is 0.312. The number of methoxy groups -OCH3 is 1. The van der Waals surface area contributed by atoms with Gasteiger partial charge in [-0.15, -0.1) is 35.3 Å².